The molecule has 2 aromatic rings. The summed E-state index contributed by atoms with van der Waals surface area (Å²) in [6.45, 7) is 2.44. The van der Waals surface area contributed by atoms with Crippen LogP contribution < -0.4 is 21.6 Å². The number of aryl methyl sites for hydroxylation is 1. The molecule has 0 saturated heterocycles. The van der Waals surface area contributed by atoms with Gasteiger partial charge in [-0.2, -0.15) is 0 Å². The molecule has 6 nitrogen and oxygen atoms in total. The van der Waals surface area contributed by atoms with Gasteiger partial charge in [-0.05, 0) is 25.1 Å². The Morgan fingerprint density at radius 1 is 1.29 bits per heavy atom. The molecule has 0 radical (unpaired) electrons. The quantitative estimate of drug-likeness (QED) is 0.485. The van der Waals surface area contributed by atoms with Gasteiger partial charge in [-0.25, -0.2) is 5.84 Å². The minimum Gasteiger partial charge on any atom is -0.491 e. The van der Waals surface area contributed by atoms with Crippen LogP contribution in [-0.2, 0) is 6.54 Å². The van der Waals surface area contributed by atoms with Crippen LogP contribution in [0.15, 0.2) is 47.4 Å². The lowest BCUT2D eigenvalue weighted by Gasteiger charge is -2.11. The Bertz CT molecular complexity index is 695. The van der Waals surface area contributed by atoms with Crippen LogP contribution in [0, 0.1) is 6.92 Å². The predicted octanol–water partition coefficient (Wildman–Crippen LogP) is 0.839. The molecule has 2 rings (SSSR count). The monoisotopic (exact) mass is 287 g/mol. The number of carbonyl (C=O) groups is 1. The molecule has 1 aromatic carbocycles. The van der Waals surface area contributed by atoms with Gasteiger partial charge in [0.2, 0.25) is 0 Å². The zero-order valence-corrected chi connectivity index (χ0v) is 11.7. The van der Waals surface area contributed by atoms with Gasteiger partial charge in [-0.15, -0.1) is 0 Å². The molecule has 3 N–H and O–H groups in total. The Morgan fingerprint density at radius 2 is 2.05 bits per heavy atom. The Labute approximate surface area is 122 Å². The zero-order chi connectivity index (χ0) is 15.2. The second kappa shape index (κ2) is 6.71. The molecule has 0 aliphatic heterocycles. The van der Waals surface area contributed by atoms with Crippen molar-refractivity contribution in [2.75, 3.05) is 6.61 Å². The van der Waals surface area contributed by atoms with E-state index < -0.39 is 5.91 Å². The summed E-state index contributed by atoms with van der Waals surface area (Å²) < 4.78 is 7.15. The summed E-state index contributed by atoms with van der Waals surface area (Å²) in [6, 6.07) is 10.4. The smallest absolute Gasteiger partial charge is 0.268 e. The Hall–Kier alpha value is -2.60. The fourth-order valence-electron chi connectivity index (χ4n) is 1.94. The number of nitrogens with zero attached hydrogens (tertiary/aromatic N) is 1. The van der Waals surface area contributed by atoms with Crippen molar-refractivity contribution in [3.8, 4) is 5.75 Å². The molecule has 21 heavy (non-hydrogen) atoms. The average Bonchev–Trinajstić information content (AvgIpc) is 2.51. The minimum atomic E-state index is -0.418. The van der Waals surface area contributed by atoms with Crippen molar-refractivity contribution in [3.63, 3.8) is 0 Å². The number of rotatable bonds is 5. The van der Waals surface area contributed by atoms with E-state index in [1.54, 1.807) is 48.0 Å². The zero-order valence-electron chi connectivity index (χ0n) is 11.7. The maximum atomic E-state index is 11.9. The fourth-order valence-corrected chi connectivity index (χ4v) is 1.94. The molecule has 6 heteroatoms. The van der Waals surface area contributed by atoms with Gasteiger partial charge in [0.1, 0.15) is 12.4 Å². The number of hydrogen-bond acceptors (Lipinski definition) is 4. The molecule has 1 aromatic heterocycles. The number of ether oxygens (including phenoxy) is 1. The SMILES string of the molecule is Cc1cccn(CCOc2ccccc2C(=O)NN)c1=O. The molecule has 0 saturated carbocycles. The molecule has 0 fully saturated rings. The predicted molar refractivity (Wildman–Crippen MR) is 79.0 cm³/mol. The topological polar surface area (TPSA) is 86.3 Å². The molecule has 0 aliphatic carbocycles. The maximum Gasteiger partial charge on any atom is 0.268 e. The lowest BCUT2D eigenvalue weighted by molar-refractivity contribution is 0.0949. The van der Waals surface area contributed by atoms with E-state index in [4.69, 9.17) is 10.6 Å². The second-order valence-corrected chi connectivity index (χ2v) is 4.51. The van der Waals surface area contributed by atoms with E-state index in [-0.39, 0.29) is 12.2 Å². The van der Waals surface area contributed by atoms with Crippen LogP contribution >= 0.6 is 0 Å². The third kappa shape index (κ3) is 3.49. The first kappa shape index (κ1) is 14.8. The normalized spacial score (nSPS) is 10.2. The maximum absolute atomic E-state index is 11.9. The summed E-state index contributed by atoms with van der Waals surface area (Å²) in [7, 11) is 0. The van der Waals surface area contributed by atoms with Crippen molar-refractivity contribution in [3.05, 3.63) is 64.1 Å². The fraction of sp³-hybridized carbons (Fsp3) is 0.200. The first-order chi connectivity index (χ1) is 10.1. The third-order valence-electron chi connectivity index (χ3n) is 3.06. The number of aromatic nitrogens is 1. The first-order valence-electron chi connectivity index (χ1n) is 6.52. The highest BCUT2D eigenvalue weighted by atomic mass is 16.5. The number of nitrogens with one attached hydrogen (secondary N) is 1. The number of nitrogens with two attached hydrogens (primary N) is 1. The van der Waals surface area contributed by atoms with Gasteiger partial charge < -0.3 is 9.30 Å². The number of nitrogen functional groups attached to an aromatic ring is 1. The average molecular weight is 287 g/mol. The number of hydrogen-bond donors (Lipinski definition) is 2. The van der Waals surface area contributed by atoms with E-state index in [1.165, 1.54) is 0 Å². The van der Waals surface area contributed by atoms with Crippen molar-refractivity contribution >= 4 is 5.91 Å². The number of amides is 1. The van der Waals surface area contributed by atoms with Crippen LogP contribution in [0.25, 0.3) is 0 Å². The van der Waals surface area contributed by atoms with E-state index in [0.717, 1.165) is 0 Å². The first-order valence-corrected chi connectivity index (χ1v) is 6.52. The highest BCUT2D eigenvalue weighted by Gasteiger charge is 2.10. The van der Waals surface area contributed by atoms with Crippen molar-refractivity contribution in [2.24, 2.45) is 5.84 Å². The highest BCUT2D eigenvalue weighted by Crippen LogP contribution is 2.17. The standard InChI is InChI=1S/C15H17N3O3/c1-11-5-4-8-18(15(11)20)9-10-21-13-7-3-2-6-12(13)14(19)17-16/h2-8H,9-10,16H2,1H3,(H,17,19). The molecular formula is C15H17N3O3. The third-order valence-corrected chi connectivity index (χ3v) is 3.06. The van der Waals surface area contributed by atoms with Gasteiger partial charge in [0.05, 0.1) is 12.1 Å². The molecule has 0 atom stereocenters. The van der Waals surface area contributed by atoms with Crippen LogP contribution in [0.4, 0.5) is 0 Å². The molecule has 1 amide bonds. The van der Waals surface area contributed by atoms with E-state index in [2.05, 4.69) is 5.43 Å². The molecule has 0 spiro atoms. The van der Waals surface area contributed by atoms with E-state index >= 15 is 0 Å². The molecule has 1 heterocycles. The number of hydrazine groups is 1. The van der Waals surface area contributed by atoms with Gasteiger partial charge >= 0.3 is 0 Å². The Morgan fingerprint density at radius 3 is 2.81 bits per heavy atom. The van der Waals surface area contributed by atoms with E-state index in [1.807, 2.05) is 6.07 Å². The van der Waals surface area contributed by atoms with Crippen LogP contribution in [0.2, 0.25) is 0 Å². The number of pyridine rings is 1. The van der Waals surface area contributed by atoms with Crippen LogP contribution in [0.3, 0.4) is 0 Å². The molecular weight excluding hydrogens is 270 g/mol. The van der Waals surface area contributed by atoms with Gasteiger partial charge in [0.15, 0.2) is 0 Å². The number of para-hydroxylation sites is 1. The molecule has 0 bridgehead atoms. The van der Waals surface area contributed by atoms with Gasteiger partial charge in [-0.1, -0.05) is 18.2 Å². The second-order valence-electron chi connectivity index (χ2n) is 4.51. The summed E-state index contributed by atoms with van der Waals surface area (Å²) in [4.78, 5) is 23.5. The van der Waals surface area contributed by atoms with Crippen LogP contribution in [-0.4, -0.2) is 17.1 Å². The van der Waals surface area contributed by atoms with E-state index in [0.29, 0.717) is 23.4 Å². The summed E-state index contributed by atoms with van der Waals surface area (Å²) in [5.41, 5.74) is 3.06. The van der Waals surface area contributed by atoms with Gasteiger partial charge in [-0.3, -0.25) is 15.0 Å². The lowest BCUT2D eigenvalue weighted by atomic mass is 10.2. The van der Waals surface area contributed by atoms with Gasteiger partial charge in [0, 0.05) is 11.8 Å². The van der Waals surface area contributed by atoms with Gasteiger partial charge in [0.25, 0.3) is 11.5 Å². The molecule has 0 aliphatic rings. The van der Waals surface area contributed by atoms with Crippen molar-refractivity contribution in [1.29, 1.82) is 0 Å². The lowest BCUT2D eigenvalue weighted by Crippen LogP contribution is -2.30. The Balaban J connectivity index is 2.06. The summed E-state index contributed by atoms with van der Waals surface area (Å²) in [5, 5.41) is 0. The summed E-state index contributed by atoms with van der Waals surface area (Å²) in [6.07, 6.45) is 1.71. The molecule has 0 unspecified atom stereocenters. The summed E-state index contributed by atoms with van der Waals surface area (Å²) in [5.74, 6) is 5.14. The van der Waals surface area contributed by atoms with Crippen LogP contribution in [0.5, 0.6) is 5.75 Å². The molecule has 110 valence electrons. The largest absolute Gasteiger partial charge is 0.491 e. The van der Waals surface area contributed by atoms with Crippen molar-refractivity contribution in [2.45, 2.75) is 13.5 Å². The Kier molecular flexibility index (Phi) is 4.73. The van der Waals surface area contributed by atoms with Crippen molar-refractivity contribution in [1.82, 2.24) is 9.99 Å². The number of carbonyl (C=O) groups excluding carboxylic acids is 1. The van der Waals surface area contributed by atoms with E-state index in [9.17, 15) is 9.59 Å². The summed E-state index contributed by atoms with van der Waals surface area (Å²) >= 11 is 0. The van der Waals surface area contributed by atoms with Crippen molar-refractivity contribution < 1.29 is 9.53 Å². The minimum absolute atomic E-state index is 0.0471. The highest BCUT2D eigenvalue weighted by molar-refractivity contribution is 5.96. The number of benzene rings is 1. The van der Waals surface area contributed by atoms with Crippen LogP contribution in [0.1, 0.15) is 15.9 Å².